The fourth-order valence-electron chi connectivity index (χ4n) is 1.24. The van der Waals surface area contributed by atoms with Crippen LogP contribution in [0.25, 0.3) is 0 Å². The third kappa shape index (κ3) is 4.88. The van der Waals surface area contributed by atoms with Gasteiger partial charge in [-0.25, -0.2) is 0 Å². The van der Waals surface area contributed by atoms with Gasteiger partial charge < -0.3 is 0 Å². The van der Waals surface area contributed by atoms with E-state index in [0.717, 1.165) is 0 Å². The van der Waals surface area contributed by atoms with Crippen molar-refractivity contribution in [2.45, 2.75) is 9.79 Å². The molecule has 0 heterocycles. The summed E-state index contributed by atoms with van der Waals surface area (Å²) in [6.45, 7) is 0. The average molecular weight is 490 g/mol. The van der Waals surface area contributed by atoms with Crippen LogP contribution < -0.4 is 0 Å². The quantitative estimate of drug-likeness (QED) is 0.583. The van der Waals surface area contributed by atoms with Crippen molar-refractivity contribution in [1.29, 1.82) is 0 Å². The molecule has 7 heteroatoms. The first-order chi connectivity index (χ1) is 9.27. The Morgan fingerprint density at radius 3 is 1.42 bits per heavy atom. The van der Waals surface area contributed by atoms with Gasteiger partial charge in [0.15, 0.2) is 0 Å². The van der Waals surface area contributed by atoms with Crippen LogP contribution in [0.4, 0.5) is 0 Å². The Hall–Kier alpha value is -0.418. The molecule has 0 amide bonds. The molecular weight excluding hydrogens is 479 g/mol. The SMILES string of the molecule is O=S([O][Pb][O]S(=O)c1ccccc1)c1ccccc1. The molecule has 2 aromatic carbocycles. The minimum absolute atomic E-state index is 0.587. The summed E-state index contributed by atoms with van der Waals surface area (Å²) < 4.78 is 33.8. The second-order valence-electron chi connectivity index (χ2n) is 3.35. The predicted octanol–water partition coefficient (Wildman–Crippen LogP) is 2.00. The van der Waals surface area contributed by atoms with E-state index in [4.69, 9.17) is 4.27 Å². The van der Waals surface area contributed by atoms with E-state index in [2.05, 4.69) is 0 Å². The summed E-state index contributed by atoms with van der Waals surface area (Å²) in [5.41, 5.74) is 0. The third-order valence-electron chi connectivity index (χ3n) is 2.09. The van der Waals surface area contributed by atoms with Crippen LogP contribution >= 0.6 is 0 Å². The van der Waals surface area contributed by atoms with Crippen molar-refractivity contribution in [3.63, 3.8) is 0 Å². The topological polar surface area (TPSA) is 52.6 Å². The molecule has 2 aromatic rings. The van der Waals surface area contributed by atoms with Crippen LogP contribution in [0.15, 0.2) is 70.5 Å². The summed E-state index contributed by atoms with van der Waals surface area (Å²) in [6.07, 6.45) is 0. The van der Waals surface area contributed by atoms with Crippen LogP contribution in [0, 0.1) is 0 Å². The zero-order valence-electron chi connectivity index (χ0n) is 9.72. The fourth-order valence-corrected chi connectivity index (χ4v) is 7.08. The third-order valence-corrected chi connectivity index (χ3v) is 8.96. The van der Waals surface area contributed by atoms with E-state index >= 15 is 0 Å². The molecule has 98 valence electrons. The summed E-state index contributed by atoms with van der Waals surface area (Å²) in [5, 5.41) is 0. The Morgan fingerprint density at radius 2 is 1.05 bits per heavy atom. The zero-order valence-corrected chi connectivity index (χ0v) is 15.2. The van der Waals surface area contributed by atoms with Gasteiger partial charge in [0.25, 0.3) is 0 Å². The Labute approximate surface area is 130 Å². The minimum atomic E-state index is -2.08. The van der Waals surface area contributed by atoms with Crippen LogP contribution in [0.5, 0.6) is 0 Å². The van der Waals surface area contributed by atoms with Gasteiger partial charge in [0, 0.05) is 0 Å². The molecule has 2 radical (unpaired) electrons. The second-order valence-corrected chi connectivity index (χ2v) is 10.1. The van der Waals surface area contributed by atoms with Gasteiger partial charge in [-0.3, -0.25) is 0 Å². The van der Waals surface area contributed by atoms with Crippen molar-refractivity contribution in [2.75, 3.05) is 0 Å². The number of hydrogen-bond acceptors (Lipinski definition) is 4. The monoisotopic (exact) mass is 490 g/mol. The van der Waals surface area contributed by atoms with Gasteiger partial charge in [-0.1, -0.05) is 0 Å². The molecule has 0 aromatic heterocycles. The number of benzene rings is 2. The maximum absolute atomic E-state index is 11.7. The van der Waals surface area contributed by atoms with Gasteiger partial charge in [0.1, 0.15) is 0 Å². The zero-order chi connectivity index (χ0) is 13.5. The van der Waals surface area contributed by atoms with Gasteiger partial charge in [-0.05, 0) is 0 Å². The summed E-state index contributed by atoms with van der Waals surface area (Å²) in [5.74, 6) is 0. The van der Waals surface area contributed by atoms with Crippen LogP contribution in [0.1, 0.15) is 0 Å². The van der Waals surface area contributed by atoms with Crippen LogP contribution in [-0.4, -0.2) is 33.6 Å². The number of hydrogen-bond donors (Lipinski definition) is 0. The van der Waals surface area contributed by atoms with Crippen LogP contribution in [0.2, 0.25) is 0 Å². The Kier molecular flexibility index (Phi) is 6.31. The Morgan fingerprint density at radius 1 is 0.684 bits per heavy atom. The van der Waals surface area contributed by atoms with E-state index in [9.17, 15) is 8.42 Å². The predicted molar refractivity (Wildman–Crippen MR) is 73.6 cm³/mol. The molecule has 4 nitrogen and oxygen atoms in total. The van der Waals surface area contributed by atoms with Crippen LogP contribution in [0.3, 0.4) is 0 Å². The first-order valence-corrected chi connectivity index (χ1v) is 10.6. The molecule has 2 rings (SSSR count). The van der Waals surface area contributed by atoms with E-state index in [0.29, 0.717) is 9.79 Å². The molecule has 0 aliphatic heterocycles. The first kappa shape index (κ1) is 15.0. The molecule has 0 bridgehead atoms. The normalized spacial score (nSPS) is 13.9. The fraction of sp³-hybridized carbons (Fsp3) is 0. The molecule has 2 unspecified atom stereocenters. The standard InChI is InChI=1S/2C6H6O2S.Pb/c2*7-9(8)6-4-2-1-3-5-6;/h2*1-5H,(H,7,8);/q;;+2/p-2. The van der Waals surface area contributed by atoms with E-state index in [1.54, 1.807) is 48.5 Å². The van der Waals surface area contributed by atoms with E-state index < -0.39 is 47.3 Å². The van der Waals surface area contributed by atoms with Gasteiger partial charge in [-0.2, -0.15) is 0 Å². The van der Waals surface area contributed by atoms with Crippen molar-refractivity contribution in [3.8, 4) is 0 Å². The number of rotatable bonds is 6. The average Bonchev–Trinajstić information content (AvgIpc) is 2.49. The maximum atomic E-state index is 11.7. The molecule has 0 N–H and O–H groups in total. The molecule has 19 heavy (non-hydrogen) atoms. The van der Waals surface area contributed by atoms with Crippen molar-refractivity contribution in [1.82, 2.24) is 0 Å². The molecule has 0 fully saturated rings. The molecule has 0 saturated carbocycles. The summed E-state index contributed by atoms with van der Waals surface area (Å²) in [6, 6.07) is 17.7. The van der Waals surface area contributed by atoms with E-state index in [-0.39, 0.29) is 0 Å². The van der Waals surface area contributed by atoms with Gasteiger partial charge >= 0.3 is 130 Å². The molecule has 2 atom stereocenters. The van der Waals surface area contributed by atoms with Crippen molar-refractivity contribution in [2.24, 2.45) is 0 Å². The molecule has 0 spiro atoms. The summed E-state index contributed by atoms with van der Waals surface area (Å²) in [4.78, 5) is 1.17. The molecule has 0 aliphatic carbocycles. The van der Waals surface area contributed by atoms with Crippen molar-refractivity contribution >= 4 is 47.3 Å². The summed E-state index contributed by atoms with van der Waals surface area (Å²) in [7, 11) is 0. The summed E-state index contributed by atoms with van der Waals surface area (Å²) >= 11 is -5.14. The molecule has 0 saturated heterocycles. The van der Waals surface area contributed by atoms with Gasteiger partial charge in [0.2, 0.25) is 0 Å². The van der Waals surface area contributed by atoms with Crippen molar-refractivity contribution in [3.05, 3.63) is 60.7 Å². The molecule has 0 aliphatic rings. The van der Waals surface area contributed by atoms with Crippen molar-refractivity contribution < 1.29 is 12.7 Å². The van der Waals surface area contributed by atoms with Gasteiger partial charge in [0.05, 0.1) is 0 Å². The van der Waals surface area contributed by atoms with E-state index in [1.807, 2.05) is 12.1 Å². The Bertz CT molecular complexity index is 511. The van der Waals surface area contributed by atoms with E-state index in [1.165, 1.54) is 0 Å². The Balaban J connectivity index is 1.81. The molecular formula is C12H10O4PbS2. The first-order valence-electron chi connectivity index (χ1n) is 5.30. The van der Waals surface area contributed by atoms with Gasteiger partial charge in [-0.15, -0.1) is 0 Å². The second kappa shape index (κ2) is 8.00. The van der Waals surface area contributed by atoms with Crippen LogP contribution in [-0.2, 0) is 26.4 Å².